The molecule has 0 saturated heterocycles. The number of hydrogen-bond acceptors (Lipinski definition) is 4. The predicted octanol–water partition coefficient (Wildman–Crippen LogP) is 0.297. The molecule has 2 N–H and O–H groups in total. The minimum atomic E-state index is -1.50. The average molecular weight is 322 g/mol. The number of methoxy groups -OCH3 is 2. The summed E-state index contributed by atoms with van der Waals surface area (Å²) < 4.78 is 11.1. The van der Waals surface area contributed by atoms with E-state index in [1.54, 1.807) is 13.2 Å². The lowest BCUT2D eigenvalue weighted by Crippen LogP contribution is -2.33. The molecule has 0 atom stereocenters. The van der Waals surface area contributed by atoms with Crippen LogP contribution in [0.1, 0.15) is 5.56 Å². The summed E-state index contributed by atoms with van der Waals surface area (Å²) in [5.41, 5.74) is 1.26. The van der Waals surface area contributed by atoms with Gasteiger partial charge in [-0.2, -0.15) is 0 Å². The fourth-order valence-electron chi connectivity index (χ4n) is 1.36. The smallest absolute Gasteiger partial charge is 0.489 e. The van der Waals surface area contributed by atoms with Crippen molar-refractivity contribution in [1.82, 2.24) is 0 Å². The summed E-state index contributed by atoms with van der Waals surface area (Å²) in [6, 6.07) is 1.57. The van der Waals surface area contributed by atoms with Gasteiger partial charge in [-0.05, 0) is 41.0 Å². The van der Waals surface area contributed by atoms with Crippen LogP contribution in [-0.2, 0) is 0 Å². The van der Waals surface area contributed by atoms with Crippen molar-refractivity contribution in [2.75, 3.05) is 14.2 Å². The van der Waals surface area contributed by atoms with Gasteiger partial charge in [0.25, 0.3) is 0 Å². The zero-order valence-electron chi connectivity index (χ0n) is 8.74. The molecule has 0 aliphatic heterocycles. The number of ether oxygens (including phenoxy) is 2. The van der Waals surface area contributed by atoms with E-state index in [2.05, 4.69) is 0 Å². The van der Waals surface area contributed by atoms with Crippen molar-refractivity contribution in [2.45, 2.75) is 6.92 Å². The van der Waals surface area contributed by atoms with Crippen LogP contribution in [0.15, 0.2) is 6.07 Å². The molecular weight excluding hydrogens is 310 g/mol. The summed E-state index contributed by atoms with van der Waals surface area (Å²) >= 11 is 2.05. The van der Waals surface area contributed by atoms with E-state index in [0.29, 0.717) is 17.0 Å². The topological polar surface area (TPSA) is 58.9 Å². The van der Waals surface area contributed by atoms with Crippen LogP contribution in [0.4, 0.5) is 0 Å². The molecule has 1 aromatic rings. The van der Waals surface area contributed by atoms with Crippen LogP contribution in [0, 0.1) is 10.5 Å². The summed E-state index contributed by atoms with van der Waals surface area (Å²) in [4.78, 5) is 0. The zero-order valence-corrected chi connectivity index (χ0v) is 10.9. The first-order valence-electron chi connectivity index (χ1n) is 4.30. The van der Waals surface area contributed by atoms with Crippen molar-refractivity contribution >= 4 is 35.2 Å². The summed E-state index contributed by atoms with van der Waals surface area (Å²) in [6.45, 7) is 1.84. The van der Waals surface area contributed by atoms with Gasteiger partial charge in [-0.25, -0.2) is 0 Å². The van der Waals surface area contributed by atoms with E-state index < -0.39 is 7.12 Å². The van der Waals surface area contributed by atoms with Crippen LogP contribution in [0.25, 0.3) is 0 Å². The van der Waals surface area contributed by atoms with Crippen LogP contribution in [0.2, 0.25) is 0 Å². The Morgan fingerprint density at radius 2 is 1.87 bits per heavy atom. The van der Waals surface area contributed by atoms with E-state index in [0.717, 1.165) is 9.13 Å². The fourth-order valence-corrected chi connectivity index (χ4v) is 2.04. The predicted molar refractivity (Wildman–Crippen MR) is 66.8 cm³/mol. The Morgan fingerprint density at radius 1 is 1.27 bits per heavy atom. The molecule has 6 heteroatoms. The summed E-state index contributed by atoms with van der Waals surface area (Å²) in [7, 11) is 1.56. The monoisotopic (exact) mass is 322 g/mol. The molecular formula is C9H12BIO4. The number of hydrogen-bond donors (Lipinski definition) is 2. The molecule has 1 rings (SSSR count). The second-order valence-corrected chi connectivity index (χ2v) is 4.09. The molecule has 82 valence electrons. The van der Waals surface area contributed by atoms with Crippen molar-refractivity contribution in [1.29, 1.82) is 0 Å². The SMILES string of the molecule is COc1cc(B(O)O)c(I)c(C)c1OC. The lowest BCUT2D eigenvalue weighted by atomic mass is 9.79. The maximum absolute atomic E-state index is 9.17. The molecule has 0 unspecified atom stereocenters. The molecule has 0 heterocycles. The first-order chi connectivity index (χ1) is 7.02. The first-order valence-corrected chi connectivity index (χ1v) is 5.37. The van der Waals surface area contributed by atoms with Gasteiger partial charge >= 0.3 is 7.12 Å². The van der Waals surface area contributed by atoms with Crippen molar-refractivity contribution in [3.63, 3.8) is 0 Å². The second-order valence-electron chi connectivity index (χ2n) is 3.01. The van der Waals surface area contributed by atoms with E-state index in [-0.39, 0.29) is 0 Å². The van der Waals surface area contributed by atoms with E-state index in [4.69, 9.17) is 19.5 Å². The van der Waals surface area contributed by atoms with Crippen LogP contribution >= 0.6 is 22.6 Å². The third-order valence-corrected chi connectivity index (χ3v) is 3.57. The molecule has 0 fully saturated rings. The molecule has 15 heavy (non-hydrogen) atoms. The molecule has 4 nitrogen and oxygen atoms in total. The molecule has 0 saturated carbocycles. The molecule has 0 aromatic heterocycles. The zero-order chi connectivity index (χ0) is 11.6. The highest BCUT2D eigenvalue weighted by Crippen LogP contribution is 2.32. The van der Waals surface area contributed by atoms with Gasteiger partial charge in [0.05, 0.1) is 14.2 Å². The highest BCUT2D eigenvalue weighted by molar-refractivity contribution is 14.1. The van der Waals surface area contributed by atoms with E-state index in [1.807, 2.05) is 29.5 Å². The van der Waals surface area contributed by atoms with Gasteiger partial charge in [0, 0.05) is 9.13 Å². The van der Waals surface area contributed by atoms with E-state index in [9.17, 15) is 0 Å². The second kappa shape index (κ2) is 5.04. The highest BCUT2D eigenvalue weighted by atomic mass is 127. The molecule has 0 spiro atoms. The van der Waals surface area contributed by atoms with E-state index in [1.165, 1.54) is 7.11 Å². The molecule has 0 aliphatic carbocycles. The molecule has 0 radical (unpaired) electrons. The Kier molecular flexibility index (Phi) is 4.24. The number of halogens is 1. The van der Waals surface area contributed by atoms with Crippen LogP contribution in [0.5, 0.6) is 11.5 Å². The van der Waals surface area contributed by atoms with Gasteiger partial charge in [0.2, 0.25) is 0 Å². The lowest BCUT2D eigenvalue weighted by molar-refractivity contribution is 0.352. The van der Waals surface area contributed by atoms with Crippen LogP contribution in [0.3, 0.4) is 0 Å². The van der Waals surface area contributed by atoms with Crippen LogP contribution < -0.4 is 14.9 Å². The Morgan fingerprint density at radius 3 is 2.27 bits per heavy atom. The average Bonchev–Trinajstić information content (AvgIpc) is 2.21. The molecule has 0 amide bonds. The van der Waals surface area contributed by atoms with Gasteiger partial charge in [0.1, 0.15) is 0 Å². The summed E-state index contributed by atoms with van der Waals surface area (Å²) in [5, 5.41) is 18.3. The number of rotatable bonds is 3. The van der Waals surface area contributed by atoms with Crippen molar-refractivity contribution in [3.05, 3.63) is 15.2 Å². The van der Waals surface area contributed by atoms with Crippen molar-refractivity contribution < 1.29 is 19.5 Å². The van der Waals surface area contributed by atoms with Gasteiger partial charge in [0.15, 0.2) is 11.5 Å². The first kappa shape index (κ1) is 12.6. The van der Waals surface area contributed by atoms with Gasteiger partial charge in [-0.15, -0.1) is 0 Å². The molecule has 1 aromatic carbocycles. The number of benzene rings is 1. The van der Waals surface area contributed by atoms with Crippen molar-refractivity contribution in [3.8, 4) is 11.5 Å². The Labute approximate surface area is 102 Å². The summed E-state index contributed by atoms with van der Waals surface area (Å²) in [5.74, 6) is 1.12. The van der Waals surface area contributed by atoms with Crippen LogP contribution in [-0.4, -0.2) is 31.4 Å². The maximum Gasteiger partial charge on any atom is 0.489 e. The summed E-state index contributed by atoms with van der Waals surface area (Å²) in [6.07, 6.45) is 0. The van der Waals surface area contributed by atoms with Gasteiger partial charge in [-0.3, -0.25) is 0 Å². The third kappa shape index (κ3) is 2.38. The minimum Gasteiger partial charge on any atom is -0.493 e. The third-order valence-electron chi connectivity index (χ3n) is 2.14. The Balaban J connectivity index is 3.42. The quantitative estimate of drug-likeness (QED) is 0.621. The molecule has 0 bridgehead atoms. The highest BCUT2D eigenvalue weighted by Gasteiger charge is 2.21. The Hall–Kier alpha value is -0.465. The molecule has 0 aliphatic rings. The van der Waals surface area contributed by atoms with E-state index >= 15 is 0 Å². The maximum atomic E-state index is 9.17. The Bertz CT molecular complexity index is 368. The fraction of sp³-hybridized carbons (Fsp3) is 0.333. The van der Waals surface area contributed by atoms with Crippen molar-refractivity contribution in [2.24, 2.45) is 0 Å². The minimum absolute atomic E-state index is 0.422. The normalized spacial score (nSPS) is 10.0. The van der Waals surface area contributed by atoms with Gasteiger partial charge < -0.3 is 19.5 Å². The largest absolute Gasteiger partial charge is 0.493 e. The standard InChI is InChI=1S/C9H12BIO4/c1-5-8(11)6(10(12)13)4-7(14-2)9(5)15-3/h4,12-13H,1-3H3. The van der Waals surface area contributed by atoms with Gasteiger partial charge in [-0.1, -0.05) is 0 Å². The lowest BCUT2D eigenvalue weighted by Gasteiger charge is -2.15.